The zero-order chi connectivity index (χ0) is 18.1. The summed E-state index contributed by atoms with van der Waals surface area (Å²) >= 11 is 0. The second kappa shape index (κ2) is 9.31. The van der Waals surface area contributed by atoms with E-state index in [-0.39, 0.29) is 30.7 Å². The second-order valence-electron chi connectivity index (χ2n) is 7.20. The van der Waals surface area contributed by atoms with Crippen molar-refractivity contribution in [3.05, 3.63) is 23.8 Å². The van der Waals surface area contributed by atoms with Crippen LogP contribution >= 0.6 is 24.8 Å². The molecule has 1 N–H and O–H groups in total. The average Bonchev–Trinajstić information content (AvgIpc) is 3.11. The quantitative estimate of drug-likeness (QED) is 0.805. The molecule has 0 radical (unpaired) electrons. The summed E-state index contributed by atoms with van der Waals surface area (Å²) in [6, 6.07) is 6.65. The number of nitrogens with one attached hydrogen (secondary N) is 1. The van der Waals surface area contributed by atoms with E-state index in [0.29, 0.717) is 19.1 Å². The first-order valence-corrected chi connectivity index (χ1v) is 9.29. The van der Waals surface area contributed by atoms with Gasteiger partial charge in [0, 0.05) is 33.3 Å². The topological polar surface area (TPSA) is 70.8 Å². The highest BCUT2D eigenvalue weighted by Gasteiger charge is 2.43. The fraction of sp³-hybridized carbons (Fsp3) is 0.579. The number of anilines is 1. The number of oxazole rings is 1. The summed E-state index contributed by atoms with van der Waals surface area (Å²) in [5.41, 5.74) is 2.19. The standard InChI is InChI=1S/C19H26N4O3.2ClH/c1-14-3-4-16-15(13-14)21-18(26-16)23-11-9-22(10-12-23)17(24)19(25-2)5-7-20-8-6-19;;/h3-4,13,20H,5-12H2,1-2H3;2*1H. The van der Waals surface area contributed by atoms with Crippen molar-refractivity contribution in [2.24, 2.45) is 0 Å². The second-order valence-corrected chi connectivity index (χ2v) is 7.20. The molecule has 7 nitrogen and oxygen atoms in total. The van der Waals surface area contributed by atoms with Crippen molar-refractivity contribution in [2.75, 3.05) is 51.3 Å². The van der Waals surface area contributed by atoms with Gasteiger partial charge in [-0.05, 0) is 50.6 Å². The van der Waals surface area contributed by atoms with Crippen LogP contribution in [0.25, 0.3) is 11.1 Å². The number of fused-ring (bicyclic) bond motifs is 1. The third-order valence-corrected chi connectivity index (χ3v) is 5.56. The minimum Gasteiger partial charge on any atom is -0.423 e. The van der Waals surface area contributed by atoms with Crippen molar-refractivity contribution in [1.29, 1.82) is 0 Å². The lowest BCUT2D eigenvalue weighted by Crippen LogP contribution is -2.59. The van der Waals surface area contributed by atoms with Gasteiger partial charge in [-0.1, -0.05) is 6.07 Å². The average molecular weight is 431 g/mol. The summed E-state index contributed by atoms with van der Waals surface area (Å²) in [5, 5.41) is 3.30. The Morgan fingerprint density at radius 2 is 1.86 bits per heavy atom. The first-order valence-electron chi connectivity index (χ1n) is 9.29. The number of aryl methyl sites for hydroxylation is 1. The number of hydrogen-bond donors (Lipinski definition) is 1. The summed E-state index contributed by atoms with van der Waals surface area (Å²) < 4.78 is 11.6. The Kier molecular flexibility index (Phi) is 7.56. The monoisotopic (exact) mass is 430 g/mol. The smallest absolute Gasteiger partial charge is 0.298 e. The molecule has 28 heavy (non-hydrogen) atoms. The number of halogens is 2. The molecule has 0 saturated carbocycles. The lowest BCUT2D eigenvalue weighted by Gasteiger charge is -2.41. The van der Waals surface area contributed by atoms with Crippen LogP contribution in [0.4, 0.5) is 6.01 Å². The zero-order valence-electron chi connectivity index (χ0n) is 16.3. The molecule has 1 aromatic heterocycles. The third kappa shape index (κ3) is 4.22. The third-order valence-electron chi connectivity index (χ3n) is 5.56. The Hall–Kier alpha value is -1.54. The van der Waals surface area contributed by atoms with Gasteiger partial charge >= 0.3 is 0 Å². The van der Waals surface area contributed by atoms with E-state index in [9.17, 15) is 4.79 Å². The highest BCUT2D eigenvalue weighted by molar-refractivity contribution is 5.86. The maximum absolute atomic E-state index is 13.0. The molecule has 0 aliphatic carbocycles. The molecule has 9 heteroatoms. The SMILES string of the molecule is COC1(C(=O)N2CCN(c3nc4cc(C)ccc4o3)CC2)CCNCC1.Cl.Cl. The van der Waals surface area contributed by atoms with Crippen LogP contribution in [0.1, 0.15) is 18.4 Å². The maximum atomic E-state index is 13.0. The van der Waals surface area contributed by atoms with E-state index in [1.165, 1.54) is 5.56 Å². The van der Waals surface area contributed by atoms with Crippen molar-refractivity contribution < 1.29 is 13.9 Å². The Morgan fingerprint density at radius 1 is 1.18 bits per heavy atom. The zero-order valence-corrected chi connectivity index (χ0v) is 17.9. The summed E-state index contributed by atoms with van der Waals surface area (Å²) in [5.74, 6) is 0.120. The molecule has 156 valence electrons. The number of nitrogens with zero attached hydrogens (tertiary/aromatic N) is 3. The molecule has 0 spiro atoms. The molecule has 0 atom stereocenters. The molecular formula is C19H28Cl2N4O3. The maximum Gasteiger partial charge on any atom is 0.298 e. The lowest BCUT2D eigenvalue weighted by molar-refractivity contribution is -0.158. The molecule has 0 bridgehead atoms. The molecule has 4 rings (SSSR count). The van der Waals surface area contributed by atoms with Crippen LogP contribution < -0.4 is 10.2 Å². The van der Waals surface area contributed by atoms with Crippen LogP contribution in [0.15, 0.2) is 22.6 Å². The molecule has 1 aromatic carbocycles. The lowest BCUT2D eigenvalue weighted by atomic mass is 9.90. The number of benzene rings is 1. The van der Waals surface area contributed by atoms with Gasteiger partial charge in [-0.15, -0.1) is 24.8 Å². The number of carbonyl (C=O) groups is 1. The van der Waals surface area contributed by atoms with Gasteiger partial charge in [0.25, 0.3) is 11.9 Å². The van der Waals surface area contributed by atoms with Crippen LogP contribution in [0.5, 0.6) is 0 Å². The minimum atomic E-state index is -0.664. The van der Waals surface area contributed by atoms with Crippen molar-refractivity contribution in [3.8, 4) is 0 Å². The predicted molar refractivity (Wildman–Crippen MR) is 114 cm³/mol. The highest BCUT2D eigenvalue weighted by Crippen LogP contribution is 2.27. The Bertz CT molecular complexity index is 800. The number of rotatable bonds is 3. The van der Waals surface area contributed by atoms with Gasteiger partial charge in [0.05, 0.1) is 0 Å². The van der Waals surface area contributed by atoms with E-state index in [0.717, 1.165) is 50.1 Å². The Labute approximate surface area is 177 Å². The summed E-state index contributed by atoms with van der Waals surface area (Å²) in [6.45, 7) is 6.45. The molecule has 2 aromatic rings. The molecule has 2 saturated heterocycles. The molecule has 2 aliphatic heterocycles. The number of amides is 1. The van der Waals surface area contributed by atoms with Crippen LogP contribution in [-0.4, -0.2) is 67.8 Å². The van der Waals surface area contributed by atoms with Gasteiger partial charge in [0.1, 0.15) is 11.1 Å². The first kappa shape index (κ1) is 22.7. The van der Waals surface area contributed by atoms with Crippen LogP contribution in [0, 0.1) is 6.92 Å². The molecule has 0 unspecified atom stereocenters. The van der Waals surface area contributed by atoms with Crippen LogP contribution in [-0.2, 0) is 9.53 Å². The highest BCUT2D eigenvalue weighted by atomic mass is 35.5. The number of methoxy groups -OCH3 is 1. The first-order chi connectivity index (χ1) is 12.6. The van der Waals surface area contributed by atoms with Crippen molar-refractivity contribution in [2.45, 2.75) is 25.4 Å². The fourth-order valence-electron chi connectivity index (χ4n) is 3.89. The van der Waals surface area contributed by atoms with Gasteiger partial charge in [-0.25, -0.2) is 0 Å². The van der Waals surface area contributed by atoms with Gasteiger partial charge in [0.15, 0.2) is 5.58 Å². The predicted octanol–water partition coefficient (Wildman–Crippen LogP) is 2.40. The summed E-state index contributed by atoms with van der Waals surface area (Å²) in [7, 11) is 1.65. The Balaban J connectivity index is 0.00000140. The molecule has 2 aliphatic rings. The molecule has 2 fully saturated rings. The van der Waals surface area contributed by atoms with Gasteiger partial charge in [0.2, 0.25) is 0 Å². The summed E-state index contributed by atoms with van der Waals surface area (Å²) in [4.78, 5) is 21.7. The van der Waals surface area contributed by atoms with Gasteiger partial charge in [-0.3, -0.25) is 4.79 Å². The van der Waals surface area contributed by atoms with Crippen molar-refractivity contribution in [1.82, 2.24) is 15.2 Å². The normalized spacial score (nSPS) is 19.1. The number of piperidine rings is 1. The fourth-order valence-corrected chi connectivity index (χ4v) is 3.89. The van der Waals surface area contributed by atoms with Crippen molar-refractivity contribution >= 4 is 47.8 Å². The number of ether oxygens (including phenoxy) is 1. The van der Waals surface area contributed by atoms with Gasteiger partial charge in [-0.2, -0.15) is 4.98 Å². The number of aromatic nitrogens is 1. The van der Waals surface area contributed by atoms with E-state index >= 15 is 0 Å². The van der Waals surface area contributed by atoms with E-state index in [1.54, 1.807) is 7.11 Å². The van der Waals surface area contributed by atoms with E-state index in [1.807, 2.05) is 30.0 Å². The molecule has 3 heterocycles. The number of carbonyl (C=O) groups excluding carboxylic acids is 1. The number of hydrogen-bond acceptors (Lipinski definition) is 6. The van der Waals surface area contributed by atoms with E-state index in [2.05, 4.69) is 15.2 Å². The Morgan fingerprint density at radius 3 is 2.50 bits per heavy atom. The van der Waals surface area contributed by atoms with Gasteiger partial charge < -0.3 is 24.3 Å². The largest absolute Gasteiger partial charge is 0.423 e. The molecule has 1 amide bonds. The minimum absolute atomic E-state index is 0. The molecular weight excluding hydrogens is 403 g/mol. The van der Waals surface area contributed by atoms with E-state index < -0.39 is 5.60 Å². The summed E-state index contributed by atoms with van der Waals surface area (Å²) in [6.07, 6.45) is 1.46. The van der Waals surface area contributed by atoms with Crippen molar-refractivity contribution in [3.63, 3.8) is 0 Å². The number of piperazine rings is 1. The van der Waals surface area contributed by atoms with Crippen LogP contribution in [0.2, 0.25) is 0 Å². The van der Waals surface area contributed by atoms with Crippen LogP contribution in [0.3, 0.4) is 0 Å². The van der Waals surface area contributed by atoms with E-state index in [4.69, 9.17) is 9.15 Å².